The molecule has 2 saturated carbocycles. The number of nitrogens with two attached hydrogens (primary N) is 1. The van der Waals surface area contributed by atoms with Crippen molar-refractivity contribution < 1.29 is 77.0 Å². The van der Waals surface area contributed by atoms with Crippen LogP contribution in [0.3, 0.4) is 0 Å². The van der Waals surface area contributed by atoms with E-state index in [4.69, 9.17) is 5.73 Å². The normalized spacial score (nSPS) is 19.6. The van der Waals surface area contributed by atoms with Gasteiger partial charge in [0, 0.05) is 47.6 Å². The first kappa shape index (κ1) is 56.1. The molecule has 0 saturated heterocycles. The third-order valence-electron chi connectivity index (χ3n) is 14.2. The molecule has 2 aliphatic carbocycles. The summed E-state index contributed by atoms with van der Waals surface area (Å²) in [6.07, 6.45) is -8.81. The zero-order chi connectivity index (χ0) is 54.6. The Hall–Kier alpha value is -6.18. The monoisotopic (exact) mass is 1050 g/mol. The van der Waals surface area contributed by atoms with Crippen LogP contribution >= 0.6 is 0 Å². The van der Waals surface area contributed by atoms with Crippen LogP contribution in [0.25, 0.3) is 22.3 Å². The van der Waals surface area contributed by atoms with Crippen molar-refractivity contribution in [3.8, 4) is 22.3 Å². The molecule has 26 heteroatoms. The van der Waals surface area contributed by atoms with Crippen molar-refractivity contribution in [2.24, 2.45) is 39.2 Å². The predicted octanol–water partition coefficient (Wildman–Crippen LogP) is 7.99. The smallest absolute Gasteiger partial charge is 0.390 e. The van der Waals surface area contributed by atoms with Gasteiger partial charge in [-0.05, 0) is 74.3 Å². The van der Waals surface area contributed by atoms with E-state index in [1.807, 2.05) is 0 Å². The van der Waals surface area contributed by atoms with Crippen LogP contribution in [0, 0.1) is 45.1 Å². The van der Waals surface area contributed by atoms with Crippen molar-refractivity contribution >= 4 is 23.6 Å². The molecule has 0 radical (unpaired) electrons. The number of alkyl halides is 10. The number of amides is 4. The molecule has 2 aromatic heterocycles. The van der Waals surface area contributed by atoms with Crippen LogP contribution in [0.2, 0.25) is 0 Å². The number of nitrogens with one attached hydrogen (secondary N) is 3. The van der Waals surface area contributed by atoms with Crippen LogP contribution in [0.4, 0.5) is 52.7 Å². The Balaban J connectivity index is 1.41. The minimum atomic E-state index is -5.14. The lowest BCUT2D eigenvalue weighted by molar-refractivity contribution is -0.233. The molecule has 2 fully saturated rings. The molecule has 14 nitrogen and oxygen atoms in total. The number of hydrogen-bond donors (Lipinski definition) is 5. The highest BCUT2D eigenvalue weighted by molar-refractivity contribution is 5.92. The standard InChI is InChI=1S/C47H53F12N9O5/c1-42(2,46(54,55)56)34(29-16-45(29,6)38(60)72)36(70)65-66(21-28-30(48)14-25(15-31(28)49)27-18-62-68(20-27)41(52)53)22-33(69)32(13-23-7-9-24(10-8-23)26-17-61-67(19-26)40(50)51)63-37(71)35(43(3,4)47(57,58)59)64-39(73)44(5)11-12-44/h7-10,14-15,17-20,29,32-35,40-41,69H,11-13,16,21-22H2,1-6H3,(H2,60,72)(H,63,71)(H,64,73)(H,65,70)/t29?,32-,33-,34+,35+,45?/m0/s1. The molecule has 2 unspecified atom stereocenters. The van der Waals surface area contributed by atoms with E-state index in [1.165, 1.54) is 38.1 Å². The van der Waals surface area contributed by atoms with Gasteiger partial charge >= 0.3 is 25.5 Å². The third kappa shape index (κ3) is 11.9. The zero-order valence-electron chi connectivity index (χ0n) is 40.0. The van der Waals surface area contributed by atoms with Gasteiger partial charge in [-0.25, -0.2) is 23.2 Å². The predicted molar refractivity (Wildman–Crippen MR) is 236 cm³/mol. The van der Waals surface area contributed by atoms with Crippen molar-refractivity contribution in [3.05, 3.63) is 83.9 Å². The van der Waals surface area contributed by atoms with E-state index in [2.05, 4.69) is 26.3 Å². The van der Waals surface area contributed by atoms with Gasteiger partial charge in [0.1, 0.15) is 17.7 Å². The molecule has 4 aromatic rings. The molecule has 4 amide bonds. The number of aliphatic hydroxyl groups excluding tert-OH is 1. The van der Waals surface area contributed by atoms with E-state index >= 15 is 8.78 Å². The van der Waals surface area contributed by atoms with Gasteiger partial charge in [-0.3, -0.25) is 24.6 Å². The number of aromatic nitrogens is 4. The SMILES string of the molecule is CC1(C(=O)N[C@H](C(=O)N[C@@H](Cc2ccc(-c3cnn(C(F)F)c3)cc2)[C@@H](O)CN(Cc2c(F)cc(-c3cnn(C(F)F)c3)cc2F)NC(=O)[C@@H](C2CC2(C)C(N)=O)C(C)(C)C(F)(F)F)C(C)(C)C(F)(F)F)CC1. The van der Waals surface area contributed by atoms with Crippen molar-refractivity contribution in [1.82, 2.24) is 40.6 Å². The molecular weight excluding hydrogens is 999 g/mol. The number of hydrazine groups is 1. The van der Waals surface area contributed by atoms with Gasteiger partial charge in [0.15, 0.2) is 0 Å². The molecule has 0 bridgehead atoms. The molecule has 400 valence electrons. The van der Waals surface area contributed by atoms with Gasteiger partial charge in [0.2, 0.25) is 23.6 Å². The maximum atomic E-state index is 16.1. The molecule has 2 aromatic carbocycles. The first-order chi connectivity index (χ1) is 33.6. The van der Waals surface area contributed by atoms with E-state index in [0.717, 1.165) is 24.8 Å². The fourth-order valence-corrected chi connectivity index (χ4v) is 8.48. The van der Waals surface area contributed by atoms with Gasteiger partial charge in [-0.2, -0.15) is 54.1 Å². The van der Waals surface area contributed by atoms with Gasteiger partial charge in [-0.15, -0.1) is 0 Å². The van der Waals surface area contributed by atoms with E-state index in [9.17, 15) is 68.2 Å². The fourth-order valence-electron chi connectivity index (χ4n) is 8.48. The number of primary amides is 1. The van der Waals surface area contributed by atoms with Crippen molar-refractivity contribution in [1.29, 1.82) is 0 Å². The lowest BCUT2D eigenvalue weighted by Crippen LogP contribution is -2.63. The molecular formula is C47H53F12N9O5. The fraction of sp³-hybridized carbons (Fsp3) is 0.532. The number of rotatable bonds is 21. The summed E-state index contributed by atoms with van der Waals surface area (Å²) in [7, 11) is 0. The van der Waals surface area contributed by atoms with Crippen molar-refractivity contribution in [2.75, 3.05) is 6.54 Å². The molecule has 6 atom stereocenters. The lowest BCUT2D eigenvalue weighted by atomic mass is 9.73. The minimum Gasteiger partial charge on any atom is -0.390 e. The highest BCUT2D eigenvalue weighted by Crippen LogP contribution is 2.62. The number of hydrogen-bond acceptors (Lipinski definition) is 8. The van der Waals surface area contributed by atoms with Crippen LogP contribution < -0.4 is 21.8 Å². The molecule has 73 heavy (non-hydrogen) atoms. The average Bonchev–Trinajstić information content (AvgIpc) is 3.98. The van der Waals surface area contributed by atoms with Crippen LogP contribution in [0.1, 0.15) is 85.0 Å². The van der Waals surface area contributed by atoms with Gasteiger partial charge < -0.3 is 21.5 Å². The first-order valence-electron chi connectivity index (χ1n) is 22.6. The molecule has 0 spiro atoms. The Morgan fingerprint density at radius 2 is 1.29 bits per heavy atom. The van der Waals surface area contributed by atoms with Crippen molar-refractivity contribution in [3.63, 3.8) is 0 Å². The Kier molecular flexibility index (Phi) is 15.6. The first-order valence-corrected chi connectivity index (χ1v) is 22.6. The van der Waals surface area contributed by atoms with Crippen molar-refractivity contribution in [2.45, 2.75) is 117 Å². The summed E-state index contributed by atoms with van der Waals surface area (Å²) >= 11 is 0. The maximum absolute atomic E-state index is 16.1. The summed E-state index contributed by atoms with van der Waals surface area (Å²) in [5, 5.41) is 24.2. The highest BCUT2D eigenvalue weighted by Gasteiger charge is 2.68. The number of carbonyl (C=O) groups excluding carboxylic acids is 4. The Morgan fingerprint density at radius 1 is 0.781 bits per heavy atom. The van der Waals surface area contributed by atoms with Crippen LogP contribution in [-0.4, -0.2) is 90.4 Å². The number of carbonyl (C=O) groups is 4. The Bertz CT molecular complexity index is 2660. The molecule has 2 heterocycles. The second-order valence-electron chi connectivity index (χ2n) is 20.3. The quantitative estimate of drug-likeness (QED) is 0.0410. The summed E-state index contributed by atoms with van der Waals surface area (Å²) in [6, 6.07) is 2.87. The van der Waals surface area contributed by atoms with E-state index in [-0.39, 0.29) is 46.2 Å². The lowest BCUT2D eigenvalue weighted by Gasteiger charge is -2.39. The van der Waals surface area contributed by atoms with Gasteiger partial charge in [-0.1, -0.05) is 52.0 Å². The van der Waals surface area contributed by atoms with Crippen LogP contribution in [0.15, 0.2) is 61.2 Å². The number of nitrogens with zero attached hydrogens (tertiary/aromatic N) is 5. The topological polar surface area (TPSA) is 190 Å². The largest absolute Gasteiger partial charge is 0.396 e. The maximum Gasteiger partial charge on any atom is 0.396 e. The molecule has 2 aliphatic rings. The second-order valence-corrected chi connectivity index (χ2v) is 20.3. The minimum absolute atomic E-state index is 0.173. The molecule has 6 rings (SSSR count). The number of benzene rings is 2. The van der Waals surface area contributed by atoms with Gasteiger partial charge in [0.05, 0.1) is 46.7 Å². The van der Waals surface area contributed by atoms with Crippen LogP contribution in [-0.2, 0) is 32.1 Å². The third-order valence-corrected chi connectivity index (χ3v) is 14.2. The van der Waals surface area contributed by atoms with E-state index in [1.54, 1.807) is 0 Å². The summed E-state index contributed by atoms with van der Waals surface area (Å²) in [5.41, 5.74) is -1.54. The second kappa shape index (κ2) is 20.3. The Labute approximate surface area is 410 Å². The summed E-state index contributed by atoms with van der Waals surface area (Å²) in [6.45, 7) is -2.96. The van der Waals surface area contributed by atoms with Crippen LogP contribution in [0.5, 0.6) is 0 Å². The highest BCUT2D eigenvalue weighted by atomic mass is 19.4. The number of aliphatic hydroxyl groups is 1. The molecule has 0 aliphatic heterocycles. The van der Waals surface area contributed by atoms with E-state index in [0.29, 0.717) is 55.1 Å². The van der Waals surface area contributed by atoms with E-state index < -0.39 is 137 Å². The molecule has 6 N–H and O–H groups in total. The summed E-state index contributed by atoms with van der Waals surface area (Å²) in [4.78, 5) is 54.3. The Morgan fingerprint density at radius 3 is 1.73 bits per heavy atom. The van der Waals surface area contributed by atoms with Gasteiger partial charge in [0.25, 0.3) is 0 Å². The number of halogens is 12. The summed E-state index contributed by atoms with van der Waals surface area (Å²) in [5.74, 6) is -11.2. The average molecular weight is 1050 g/mol. The zero-order valence-corrected chi connectivity index (χ0v) is 40.0. The summed E-state index contributed by atoms with van der Waals surface area (Å²) < 4.78 is 174.